The fraction of sp³-hybridized carbons (Fsp3) is 0.190. The van der Waals surface area contributed by atoms with Crippen molar-refractivity contribution in [3.63, 3.8) is 0 Å². The molecule has 0 saturated carbocycles. The largest absolute Gasteiger partial charge is 0.492 e. The fourth-order valence-corrected chi connectivity index (χ4v) is 3.88. The van der Waals surface area contributed by atoms with Crippen LogP contribution in [-0.4, -0.2) is 34.6 Å². The maximum atomic E-state index is 12.8. The van der Waals surface area contributed by atoms with Gasteiger partial charge in [-0.15, -0.1) is 0 Å². The normalized spacial score (nSPS) is 11.2. The van der Waals surface area contributed by atoms with Crippen molar-refractivity contribution in [2.75, 3.05) is 25.6 Å². The molecule has 10 heteroatoms. The molecule has 0 spiro atoms. The minimum absolute atomic E-state index is 0.0568. The molecule has 2 aromatic carbocycles. The molecule has 1 amide bonds. The highest BCUT2D eigenvalue weighted by Gasteiger charge is 2.23. The van der Waals surface area contributed by atoms with Crippen LogP contribution in [0, 0.1) is 0 Å². The number of methoxy groups -OCH3 is 1. The lowest BCUT2D eigenvalue weighted by atomic mass is 10.3. The molecule has 0 aliphatic rings. The molecule has 3 rings (SSSR count). The van der Waals surface area contributed by atoms with Crippen LogP contribution in [0.25, 0.3) is 0 Å². The van der Waals surface area contributed by atoms with E-state index in [2.05, 4.69) is 5.32 Å². The van der Waals surface area contributed by atoms with E-state index in [4.69, 9.17) is 29.7 Å². The summed E-state index contributed by atoms with van der Waals surface area (Å²) in [5.41, 5.74) is 0.441. The summed E-state index contributed by atoms with van der Waals surface area (Å²) in [6, 6.07) is 13.2. The number of carbonyl (C=O) groups is 1. The van der Waals surface area contributed by atoms with Crippen LogP contribution in [0.3, 0.4) is 0 Å². The molecule has 0 aliphatic heterocycles. The zero-order chi connectivity index (χ0) is 22.3. The Hall–Kier alpha value is -3.01. The van der Waals surface area contributed by atoms with Crippen LogP contribution in [0.1, 0.15) is 17.0 Å². The van der Waals surface area contributed by atoms with Crippen LogP contribution in [0.15, 0.2) is 70.2 Å². The molecule has 0 unspecified atom stereocenters. The maximum Gasteiger partial charge on any atom is 0.342 e. The summed E-state index contributed by atoms with van der Waals surface area (Å²) in [5.74, 6) is -0.0912. The third-order valence-electron chi connectivity index (χ3n) is 3.99. The van der Waals surface area contributed by atoms with E-state index in [1.807, 2.05) is 0 Å². The predicted molar refractivity (Wildman–Crippen MR) is 114 cm³/mol. The van der Waals surface area contributed by atoms with Gasteiger partial charge in [0.05, 0.1) is 12.9 Å². The molecule has 0 radical (unpaired) electrons. The van der Waals surface area contributed by atoms with Gasteiger partial charge in [-0.05, 0) is 54.6 Å². The summed E-state index contributed by atoms with van der Waals surface area (Å²) in [5, 5.41) is 2.86. The average Bonchev–Trinajstić information content (AvgIpc) is 3.28. The third kappa shape index (κ3) is 6.24. The Bertz CT molecular complexity index is 1110. The highest BCUT2D eigenvalue weighted by atomic mass is 35.5. The summed E-state index contributed by atoms with van der Waals surface area (Å²) < 4.78 is 46.4. The molecule has 31 heavy (non-hydrogen) atoms. The van der Waals surface area contributed by atoms with E-state index in [0.717, 1.165) is 0 Å². The van der Waals surface area contributed by atoms with E-state index in [9.17, 15) is 13.2 Å². The summed E-state index contributed by atoms with van der Waals surface area (Å²) in [6.07, 6.45) is 1.98. The Labute approximate surface area is 184 Å². The van der Waals surface area contributed by atoms with Crippen LogP contribution < -0.4 is 14.2 Å². The van der Waals surface area contributed by atoms with Gasteiger partial charge in [-0.1, -0.05) is 11.6 Å². The number of halogens is 1. The fourth-order valence-electron chi connectivity index (χ4n) is 2.55. The van der Waals surface area contributed by atoms with Gasteiger partial charge in [-0.3, -0.25) is 4.79 Å². The van der Waals surface area contributed by atoms with Crippen molar-refractivity contribution in [3.05, 3.63) is 71.6 Å². The van der Waals surface area contributed by atoms with Crippen molar-refractivity contribution in [3.8, 4) is 11.5 Å². The van der Waals surface area contributed by atoms with Crippen LogP contribution in [0.4, 0.5) is 5.69 Å². The maximum absolute atomic E-state index is 12.8. The summed E-state index contributed by atoms with van der Waals surface area (Å²) in [7, 11) is -2.65. The van der Waals surface area contributed by atoms with Crippen molar-refractivity contribution in [1.29, 1.82) is 0 Å². The van der Waals surface area contributed by atoms with E-state index in [-0.39, 0.29) is 33.8 Å². The average molecular weight is 466 g/mol. The molecule has 0 bridgehead atoms. The summed E-state index contributed by atoms with van der Waals surface area (Å²) in [4.78, 5) is 11.8. The number of carbonyl (C=O) groups excluding carboxylic acids is 1. The van der Waals surface area contributed by atoms with Crippen molar-refractivity contribution >= 4 is 33.3 Å². The van der Waals surface area contributed by atoms with Gasteiger partial charge in [0.1, 0.15) is 16.4 Å². The van der Waals surface area contributed by atoms with Gasteiger partial charge in [0.2, 0.25) is 0 Å². The highest BCUT2D eigenvalue weighted by molar-refractivity contribution is 7.87. The van der Waals surface area contributed by atoms with Gasteiger partial charge in [0.25, 0.3) is 5.91 Å². The van der Waals surface area contributed by atoms with E-state index < -0.39 is 16.0 Å². The monoisotopic (exact) mass is 465 g/mol. The number of hydrogen-bond acceptors (Lipinski definition) is 7. The topological polar surface area (TPSA) is 104 Å². The minimum Gasteiger partial charge on any atom is -0.492 e. The molecule has 3 aromatic rings. The van der Waals surface area contributed by atoms with E-state index in [0.29, 0.717) is 18.7 Å². The van der Waals surface area contributed by atoms with Crippen molar-refractivity contribution in [2.24, 2.45) is 0 Å². The van der Waals surface area contributed by atoms with Gasteiger partial charge in [0, 0.05) is 30.8 Å². The Balaban J connectivity index is 1.71. The second kappa shape index (κ2) is 10.3. The number of ether oxygens (including phenoxy) is 2. The van der Waals surface area contributed by atoms with Gasteiger partial charge < -0.3 is 23.4 Å². The molecule has 8 nitrogen and oxygen atoms in total. The highest BCUT2D eigenvalue weighted by Crippen LogP contribution is 2.30. The first-order valence-corrected chi connectivity index (χ1v) is 11.0. The number of rotatable bonds is 10. The Morgan fingerprint density at radius 2 is 1.87 bits per heavy atom. The number of hydrogen-bond donors (Lipinski definition) is 1. The SMILES string of the molecule is COCCCOc1ccc(Cl)cc1S(=O)(=O)Oc1ccc(NC(=O)c2ccco2)cc1. The van der Waals surface area contributed by atoms with Gasteiger partial charge in [-0.2, -0.15) is 8.42 Å². The molecular weight excluding hydrogens is 446 g/mol. The Kier molecular flexibility index (Phi) is 7.56. The van der Waals surface area contributed by atoms with Crippen LogP contribution in [-0.2, 0) is 14.9 Å². The number of benzene rings is 2. The zero-order valence-electron chi connectivity index (χ0n) is 16.5. The molecule has 1 heterocycles. The molecular formula is C21H20ClNO7S. The molecule has 0 fully saturated rings. The van der Waals surface area contributed by atoms with Gasteiger partial charge >= 0.3 is 10.1 Å². The van der Waals surface area contributed by atoms with Crippen molar-refractivity contribution < 1.29 is 31.3 Å². The molecule has 0 aliphatic carbocycles. The van der Waals surface area contributed by atoms with Gasteiger partial charge in [-0.25, -0.2) is 0 Å². The third-order valence-corrected chi connectivity index (χ3v) is 5.49. The molecule has 1 aromatic heterocycles. The lowest BCUT2D eigenvalue weighted by Gasteiger charge is -2.13. The second-order valence-corrected chi connectivity index (χ2v) is 8.23. The number of furan rings is 1. The first kappa shape index (κ1) is 22.7. The zero-order valence-corrected chi connectivity index (χ0v) is 18.1. The van der Waals surface area contributed by atoms with Crippen LogP contribution >= 0.6 is 11.6 Å². The molecule has 0 saturated heterocycles. The van der Waals surface area contributed by atoms with Crippen LogP contribution in [0.2, 0.25) is 5.02 Å². The van der Waals surface area contributed by atoms with Crippen molar-refractivity contribution in [2.45, 2.75) is 11.3 Å². The van der Waals surface area contributed by atoms with E-state index in [1.165, 1.54) is 54.8 Å². The van der Waals surface area contributed by atoms with E-state index in [1.54, 1.807) is 13.2 Å². The standard InChI is InChI=1S/C21H20ClNO7S/c1-27-11-3-13-28-18-10-5-15(22)14-20(18)31(25,26)30-17-8-6-16(7-9-17)23-21(24)19-4-2-12-29-19/h2,4-10,12,14H,3,11,13H2,1H3,(H,23,24). The minimum atomic E-state index is -4.22. The number of anilines is 1. The molecule has 1 N–H and O–H groups in total. The van der Waals surface area contributed by atoms with E-state index >= 15 is 0 Å². The summed E-state index contributed by atoms with van der Waals surface area (Å²) in [6.45, 7) is 0.747. The second-order valence-electron chi connectivity index (χ2n) is 6.28. The lowest BCUT2D eigenvalue weighted by molar-refractivity contribution is 0.0996. The smallest absolute Gasteiger partial charge is 0.342 e. The van der Waals surface area contributed by atoms with Crippen LogP contribution in [0.5, 0.6) is 11.5 Å². The first-order valence-electron chi connectivity index (χ1n) is 9.20. The molecule has 164 valence electrons. The summed E-state index contributed by atoms with van der Waals surface area (Å²) >= 11 is 5.98. The Morgan fingerprint density at radius 1 is 1.10 bits per heavy atom. The molecule has 0 atom stereocenters. The Morgan fingerprint density at radius 3 is 2.55 bits per heavy atom. The van der Waals surface area contributed by atoms with Crippen molar-refractivity contribution in [1.82, 2.24) is 0 Å². The number of amides is 1. The lowest BCUT2D eigenvalue weighted by Crippen LogP contribution is -2.13. The predicted octanol–water partition coefficient (Wildman–Crippen LogP) is 4.37. The number of nitrogens with one attached hydrogen (secondary N) is 1. The first-order chi connectivity index (χ1) is 14.9. The van der Waals surface area contributed by atoms with Gasteiger partial charge in [0.15, 0.2) is 5.76 Å². The quantitative estimate of drug-likeness (QED) is 0.350.